The lowest BCUT2D eigenvalue weighted by atomic mass is 9.47. The fourth-order valence-electron chi connectivity index (χ4n) is 6.68. The van der Waals surface area contributed by atoms with E-state index in [9.17, 15) is 9.90 Å². The third-order valence-electron chi connectivity index (χ3n) is 8.08. The van der Waals surface area contributed by atoms with E-state index in [-0.39, 0.29) is 17.7 Å². The minimum absolute atomic E-state index is 0.0698. The predicted octanol–water partition coefficient (Wildman–Crippen LogP) is 2.07. The molecule has 5 nitrogen and oxygen atoms in total. The highest BCUT2D eigenvalue weighted by Crippen LogP contribution is 2.65. The molecular formula is C22H27NO4. The molecule has 2 aliphatic heterocycles. The van der Waals surface area contributed by atoms with Crippen molar-refractivity contribution in [3.05, 3.63) is 23.3 Å². The van der Waals surface area contributed by atoms with E-state index in [1.54, 1.807) is 7.11 Å². The maximum absolute atomic E-state index is 13.2. The lowest BCUT2D eigenvalue weighted by Crippen LogP contribution is -2.77. The third kappa shape index (κ3) is 1.81. The Labute approximate surface area is 159 Å². The summed E-state index contributed by atoms with van der Waals surface area (Å²) in [4.78, 5) is 15.7. The summed E-state index contributed by atoms with van der Waals surface area (Å²) in [5, 5.41) is 12.3. The van der Waals surface area contributed by atoms with Crippen LogP contribution in [-0.2, 0) is 16.6 Å². The molecule has 5 aliphatic rings. The number of rotatable bonds is 3. The van der Waals surface area contributed by atoms with Crippen molar-refractivity contribution in [2.75, 3.05) is 20.2 Å². The van der Waals surface area contributed by atoms with E-state index in [1.165, 1.54) is 18.4 Å². The molecule has 4 unspecified atom stereocenters. The van der Waals surface area contributed by atoms with Gasteiger partial charge in [-0.15, -0.1) is 0 Å². The Balaban J connectivity index is 1.58. The topological polar surface area (TPSA) is 59.0 Å². The highest BCUT2D eigenvalue weighted by Gasteiger charge is 2.74. The highest BCUT2D eigenvalue weighted by molar-refractivity contribution is 5.91. The van der Waals surface area contributed by atoms with Crippen LogP contribution in [0.5, 0.6) is 11.5 Å². The number of Topliss-reactive ketones (excluding diaryl/α,β-unsaturated/α-hetero) is 1. The summed E-state index contributed by atoms with van der Waals surface area (Å²) in [6.07, 6.45) is 4.18. The zero-order valence-corrected chi connectivity index (χ0v) is 16.0. The van der Waals surface area contributed by atoms with E-state index >= 15 is 0 Å². The predicted molar refractivity (Wildman–Crippen MR) is 99.2 cm³/mol. The van der Waals surface area contributed by atoms with Crippen LogP contribution in [0.2, 0.25) is 0 Å². The molecule has 3 aliphatic carbocycles. The normalized spacial score (nSPS) is 41.9. The Morgan fingerprint density at radius 1 is 1.37 bits per heavy atom. The molecule has 0 aromatic heterocycles. The average Bonchev–Trinajstić information content (AvgIpc) is 3.38. The van der Waals surface area contributed by atoms with Crippen LogP contribution in [0.25, 0.3) is 0 Å². The second kappa shape index (κ2) is 5.06. The third-order valence-corrected chi connectivity index (χ3v) is 8.08. The second-order valence-corrected chi connectivity index (χ2v) is 9.44. The van der Waals surface area contributed by atoms with Gasteiger partial charge in [-0.05, 0) is 56.2 Å². The number of aliphatic hydroxyl groups is 1. The number of hydrogen-bond donors (Lipinski definition) is 1. The lowest BCUT2D eigenvalue weighted by molar-refractivity contribution is -0.196. The van der Waals surface area contributed by atoms with E-state index in [1.807, 2.05) is 13.0 Å². The molecule has 3 fully saturated rings. The molecule has 1 aromatic carbocycles. The van der Waals surface area contributed by atoms with Gasteiger partial charge >= 0.3 is 0 Å². The van der Waals surface area contributed by atoms with Gasteiger partial charge in [-0.25, -0.2) is 0 Å². The van der Waals surface area contributed by atoms with Crippen molar-refractivity contribution in [2.24, 2.45) is 11.8 Å². The van der Waals surface area contributed by atoms with Gasteiger partial charge in [-0.2, -0.15) is 0 Å². The largest absolute Gasteiger partial charge is 0.493 e. The van der Waals surface area contributed by atoms with Gasteiger partial charge in [0, 0.05) is 24.1 Å². The fraction of sp³-hybridized carbons (Fsp3) is 0.682. The number of nitrogens with zero attached hydrogens (tertiary/aromatic N) is 1. The SMILES string of the molecule is COc1ccc2c3c1OC1C(=O)[C@@H](C)CC4(O)C(C2)N(CC2CC2)CCC314. The lowest BCUT2D eigenvalue weighted by Gasteiger charge is -2.63. The Bertz CT molecular complexity index is 849. The van der Waals surface area contributed by atoms with E-state index in [2.05, 4.69) is 11.0 Å². The zero-order valence-electron chi connectivity index (χ0n) is 16.0. The zero-order chi connectivity index (χ0) is 18.6. The summed E-state index contributed by atoms with van der Waals surface area (Å²) in [5.41, 5.74) is 0.768. The molecule has 5 heteroatoms. The minimum Gasteiger partial charge on any atom is -0.493 e. The molecular weight excluding hydrogens is 342 g/mol. The molecule has 0 radical (unpaired) electrons. The van der Waals surface area contributed by atoms with Gasteiger partial charge in [-0.1, -0.05) is 13.0 Å². The number of benzene rings is 1. The van der Waals surface area contributed by atoms with Gasteiger partial charge in [0.2, 0.25) is 0 Å². The number of hydrogen-bond acceptors (Lipinski definition) is 5. The molecule has 2 saturated carbocycles. The summed E-state index contributed by atoms with van der Waals surface area (Å²) in [5.74, 6) is 2.13. The van der Waals surface area contributed by atoms with E-state index in [4.69, 9.17) is 9.47 Å². The van der Waals surface area contributed by atoms with Crippen LogP contribution >= 0.6 is 0 Å². The standard InChI is InChI=1S/C22H27NO4/c1-12-10-22(25)16-9-14-5-6-15(26-2)19-17(14)21(22,20(27-19)18(12)24)7-8-23(16)11-13-3-4-13/h5-6,12-13,16,20,25H,3-4,7-11H2,1-2H3/t12-,16?,20?,21?,22?/m0/s1. The first kappa shape index (κ1) is 16.4. The van der Waals surface area contributed by atoms with Crippen LogP contribution in [-0.4, -0.2) is 53.7 Å². The Morgan fingerprint density at radius 2 is 2.19 bits per heavy atom. The molecule has 1 aromatic rings. The Hall–Kier alpha value is -1.59. The molecule has 2 heterocycles. The van der Waals surface area contributed by atoms with Gasteiger partial charge in [0.1, 0.15) is 0 Å². The number of methoxy groups -OCH3 is 1. The number of ether oxygens (including phenoxy) is 2. The Morgan fingerprint density at radius 3 is 2.93 bits per heavy atom. The van der Waals surface area contributed by atoms with Gasteiger partial charge in [0.05, 0.1) is 18.1 Å². The summed E-state index contributed by atoms with van der Waals surface area (Å²) in [6.45, 7) is 3.96. The molecule has 144 valence electrons. The summed E-state index contributed by atoms with van der Waals surface area (Å²) >= 11 is 0. The maximum Gasteiger partial charge on any atom is 0.177 e. The van der Waals surface area contributed by atoms with Crippen molar-refractivity contribution in [3.63, 3.8) is 0 Å². The first-order chi connectivity index (χ1) is 13.0. The van der Waals surface area contributed by atoms with Crippen molar-refractivity contribution in [2.45, 2.75) is 62.2 Å². The van der Waals surface area contributed by atoms with Crippen molar-refractivity contribution >= 4 is 5.78 Å². The van der Waals surface area contributed by atoms with Crippen molar-refractivity contribution < 1.29 is 19.4 Å². The second-order valence-electron chi connectivity index (χ2n) is 9.44. The van der Waals surface area contributed by atoms with Crippen LogP contribution in [0, 0.1) is 11.8 Å². The Kier molecular flexibility index (Phi) is 3.07. The van der Waals surface area contributed by atoms with Gasteiger partial charge < -0.3 is 14.6 Å². The van der Waals surface area contributed by atoms with Gasteiger partial charge in [-0.3, -0.25) is 9.69 Å². The number of piperidine rings is 1. The highest BCUT2D eigenvalue weighted by atomic mass is 16.5. The monoisotopic (exact) mass is 369 g/mol. The first-order valence-electron chi connectivity index (χ1n) is 10.4. The van der Waals surface area contributed by atoms with Crippen LogP contribution in [0.1, 0.15) is 43.7 Å². The van der Waals surface area contributed by atoms with Crippen molar-refractivity contribution in [1.29, 1.82) is 0 Å². The first-order valence-corrected chi connectivity index (χ1v) is 10.4. The van der Waals surface area contributed by atoms with Crippen molar-refractivity contribution in [3.8, 4) is 11.5 Å². The minimum atomic E-state index is -0.914. The average molecular weight is 369 g/mol. The molecule has 2 bridgehead atoms. The molecule has 1 saturated heterocycles. The number of likely N-dealkylation sites (tertiary alicyclic amines) is 1. The van der Waals surface area contributed by atoms with Crippen LogP contribution in [0.4, 0.5) is 0 Å². The molecule has 1 N–H and O–H groups in total. The molecule has 1 spiro atoms. The van der Waals surface area contributed by atoms with Crippen LogP contribution in [0.15, 0.2) is 12.1 Å². The summed E-state index contributed by atoms with van der Waals surface area (Å²) < 4.78 is 11.9. The molecule has 27 heavy (non-hydrogen) atoms. The quantitative estimate of drug-likeness (QED) is 0.884. The summed E-state index contributed by atoms with van der Waals surface area (Å²) in [6, 6.07) is 4.16. The van der Waals surface area contributed by atoms with Gasteiger partial charge in [0.25, 0.3) is 0 Å². The van der Waals surface area contributed by atoms with Crippen LogP contribution in [0.3, 0.4) is 0 Å². The van der Waals surface area contributed by atoms with Crippen molar-refractivity contribution in [1.82, 2.24) is 4.90 Å². The maximum atomic E-state index is 13.2. The van der Waals surface area contributed by atoms with Gasteiger partial charge in [0.15, 0.2) is 23.4 Å². The number of carbonyl (C=O) groups excluding carboxylic acids is 1. The fourth-order valence-corrected chi connectivity index (χ4v) is 6.68. The summed E-state index contributed by atoms with van der Waals surface area (Å²) in [7, 11) is 1.64. The number of ketones is 1. The number of carbonyl (C=O) groups is 1. The smallest absolute Gasteiger partial charge is 0.177 e. The van der Waals surface area contributed by atoms with E-state index < -0.39 is 17.1 Å². The molecule has 5 atom stereocenters. The molecule has 0 amide bonds. The molecule has 6 rings (SSSR count). The van der Waals surface area contributed by atoms with Crippen LogP contribution < -0.4 is 9.47 Å². The van der Waals surface area contributed by atoms with E-state index in [0.717, 1.165) is 37.4 Å². The van der Waals surface area contributed by atoms with E-state index in [0.29, 0.717) is 17.9 Å².